The number of hydrogen-bond donors (Lipinski definition) is 1. The first-order valence-electron chi connectivity index (χ1n) is 8.05. The molecule has 0 spiro atoms. The summed E-state index contributed by atoms with van der Waals surface area (Å²) >= 11 is 0. The summed E-state index contributed by atoms with van der Waals surface area (Å²) in [7, 11) is 1.94. The van der Waals surface area contributed by atoms with Gasteiger partial charge in [0.05, 0.1) is 6.42 Å². The molecule has 0 atom stereocenters. The topological polar surface area (TPSA) is 72.9 Å². The van der Waals surface area contributed by atoms with E-state index in [0.29, 0.717) is 6.54 Å². The van der Waals surface area contributed by atoms with Crippen molar-refractivity contribution >= 4 is 6.47 Å². The van der Waals surface area contributed by atoms with E-state index in [2.05, 4.69) is 9.97 Å². The summed E-state index contributed by atoms with van der Waals surface area (Å²) in [6, 6.07) is 6.36. The predicted molar refractivity (Wildman–Crippen MR) is 93.0 cm³/mol. The Morgan fingerprint density at radius 2 is 1.74 bits per heavy atom. The minimum Gasteiger partial charge on any atom is -0.483 e. The molecular weight excluding hydrogens is 361 g/mol. The van der Waals surface area contributed by atoms with Crippen LogP contribution < -0.4 is 0 Å². The van der Waals surface area contributed by atoms with E-state index >= 15 is 0 Å². The molecule has 0 saturated heterocycles. The third-order valence-corrected chi connectivity index (χ3v) is 3.83. The zero-order valence-corrected chi connectivity index (χ0v) is 14.6. The van der Waals surface area contributed by atoms with Crippen LogP contribution in [0.1, 0.15) is 11.4 Å². The lowest BCUT2D eigenvalue weighted by Gasteiger charge is -2.10. The lowest BCUT2D eigenvalue weighted by molar-refractivity contribution is -0.127. The molecule has 0 aliphatic heterocycles. The van der Waals surface area contributed by atoms with E-state index in [9.17, 15) is 13.2 Å². The van der Waals surface area contributed by atoms with E-state index < -0.39 is 12.6 Å². The van der Waals surface area contributed by atoms with Crippen LogP contribution in [-0.4, -0.2) is 36.9 Å². The molecule has 6 nitrogen and oxygen atoms in total. The van der Waals surface area contributed by atoms with Crippen molar-refractivity contribution in [1.82, 2.24) is 19.1 Å². The van der Waals surface area contributed by atoms with Crippen LogP contribution in [0.2, 0.25) is 0 Å². The Labute approximate surface area is 153 Å². The molecule has 0 fully saturated rings. The second-order valence-corrected chi connectivity index (χ2v) is 5.74. The third kappa shape index (κ3) is 5.98. The fourth-order valence-electron chi connectivity index (χ4n) is 2.61. The maximum atomic E-state index is 12.4. The monoisotopic (exact) mass is 380 g/mol. The summed E-state index contributed by atoms with van der Waals surface area (Å²) in [5, 5.41) is 6.89. The molecule has 0 aliphatic rings. The van der Waals surface area contributed by atoms with E-state index in [4.69, 9.17) is 9.90 Å². The van der Waals surface area contributed by atoms with Gasteiger partial charge in [0.25, 0.3) is 6.47 Å². The van der Waals surface area contributed by atoms with Crippen molar-refractivity contribution in [2.45, 2.75) is 25.6 Å². The van der Waals surface area contributed by atoms with Crippen LogP contribution in [0, 0.1) is 0 Å². The summed E-state index contributed by atoms with van der Waals surface area (Å²) in [6.07, 6.45) is 2.84. The average molecular weight is 380 g/mol. The molecule has 2 heterocycles. The number of halogens is 3. The standard InChI is InChI=1S/C17H17F3N4.CH2O2/c1-23-10-7-21-15(23)6-9-24-11-8-22-16(24)14-4-2-13(3-5-14)12-17(18,19)20;2-1-3/h2-5,7-8,10-11H,6,9,12H2,1H3;1H,(H,2,3). The van der Waals surface area contributed by atoms with Gasteiger partial charge in [-0.2, -0.15) is 13.2 Å². The van der Waals surface area contributed by atoms with Gasteiger partial charge in [0.15, 0.2) is 0 Å². The fourth-order valence-corrected chi connectivity index (χ4v) is 2.61. The Morgan fingerprint density at radius 3 is 2.30 bits per heavy atom. The molecule has 0 radical (unpaired) electrons. The molecule has 0 aliphatic carbocycles. The second kappa shape index (κ2) is 9.02. The Bertz CT molecular complexity index is 854. The number of hydrogen-bond acceptors (Lipinski definition) is 3. The first kappa shape index (κ1) is 20.2. The van der Waals surface area contributed by atoms with E-state index in [1.54, 1.807) is 24.5 Å². The highest BCUT2D eigenvalue weighted by Crippen LogP contribution is 2.24. The molecule has 144 valence electrons. The maximum absolute atomic E-state index is 12.4. The van der Waals surface area contributed by atoms with Gasteiger partial charge in [-0.15, -0.1) is 0 Å². The van der Waals surface area contributed by atoms with Crippen molar-refractivity contribution in [3.05, 3.63) is 60.4 Å². The Balaban J connectivity index is 0.000000817. The van der Waals surface area contributed by atoms with Gasteiger partial charge in [-0.05, 0) is 5.56 Å². The Hall–Kier alpha value is -3.10. The van der Waals surface area contributed by atoms with Crippen LogP contribution >= 0.6 is 0 Å². The maximum Gasteiger partial charge on any atom is 0.393 e. The van der Waals surface area contributed by atoms with Gasteiger partial charge in [0, 0.05) is 50.4 Å². The zero-order valence-electron chi connectivity index (χ0n) is 14.6. The van der Waals surface area contributed by atoms with Crippen LogP contribution in [0.5, 0.6) is 0 Å². The summed E-state index contributed by atoms with van der Waals surface area (Å²) in [5.41, 5.74) is 1.04. The number of aromatic nitrogens is 4. The highest BCUT2D eigenvalue weighted by molar-refractivity contribution is 5.56. The van der Waals surface area contributed by atoms with Gasteiger partial charge < -0.3 is 14.2 Å². The summed E-state index contributed by atoms with van der Waals surface area (Å²) in [4.78, 5) is 17.0. The van der Waals surface area contributed by atoms with Crippen molar-refractivity contribution in [2.75, 3.05) is 0 Å². The van der Waals surface area contributed by atoms with Crippen molar-refractivity contribution in [1.29, 1.82) is 0 Å². The number of alkyl halides is 3. The molecule has 0 bridgehead atoms. The predicted octanol–water partition coefficient (Wildman–Crippen LogP) is 3.33. The molecule has 1 N–H and O–H groups in total. The first-order chi connectivity index (χ1) is 12.8. The molecule has 3 aromatic rings. The summed E-state index contributed by atoms with van der Waals surface area (Å²) < 4.78 is 41.2. The molecule has 0 saturated carbocycles. The van der Waals surface area contributed by atoms with E-state index in [1.165, 1.54) is 12.1 Å². The highest BCUT2D eigenvalue weighted by atomic mass is 19.4. The van der Waals surface area contributed by atoms with Gasteiger partial charge in [0.2, 0.25) is 0 Å². The molecule has 1 aromatic carbocycles. The number of imidazole rings is 2. The number of benzene rings is 1. The molecule has 9 heteroatoms. The minimum absolute atomic E-state index is 0.248. The van der Waals surface area contributed by atoms with Gasteiger partial charge in [-0.3, -0.25) is 4.79 Å². The number of carbonyl (C=O) groups is 1. The first-order valence-corrected chi connectivity index (χ1v) is 8.05. The smallest absolute Gasteiger partial charge is 0.393 e. The van der Waals surface area contributed by atoms with Crippen LogP contribution in [0.25, 0.3) is 11.4 Å². The molecule has 0 amide bonds. The molecule has 0 unspecified atom stereocenters. The van der Waals surface area contributed by atoms with Gasteiger partial charge in [-0.1, -0.05) is 24.3 Å². The van der Waals surface area contributed by atoms with Gasteiger partial charge in [0.1, 0.15) is 11.6 Å². The van der Waals surface area contributed by atoms with Crippen molar-refractivity contribution in [2.24, 2.45) is 7.05 Å². The normalized spacial score (nSPS) is 11.0. The van der Waals surface area contributed by atoms with Crippen LogP contribution in [0.4, 0.5) is 13.2 Å². The quantitative estimate of drug-likeness (QED) is 0.689. The number of carboxylic acid groups (broad SMARTS) is 1. The lowest BCUT2D eigenvalue weighted by Crippen LogP contribution is -2.11. The van der Waals surface area contributed by atoms with Crippen LogP contribution in [-0.2, 0) is 31.2 Å². The zero-order chi connectivity index (χ0) is 19.9. The van der Waals surface area contributed by atoms with Gasteiger partial charge in [-0.25, -0.2) is 9.97 Å². The van der Waals surface area contributed by atoms with E-state index in [1.807, 2.05) is 28.6 Å². The van der Waals surface area contributed by atoms with Crippen LogP contribution in [0.3, 0.4) is 0 Å². The van der Waals surface area contributed by atoms with Crippen LogP contribution in [0.15, 0.2) is 49.1 Å². The SMILES string of the molecule is Cn1ccnc1CCn1ccnc1-c1ccc(CC(F)(F)F)cc1.O=CO. The highest BCUT2D eigenvalue weighted by Gasteiger charge is 2.27. The van der Waals surface area contributed by atoms with E-state index in [-0.39, 0.29) is 12.0 Å². The van der Waals surface area contributed by atoms with Crippen molar-refractivity contribution < 1.29 is 23.1 Å². The average Bonchev–Trinajstić information content (AvgIpc) is 3.22. The minimum atomic E-state index is -4.19. The Kier molecular flexibility index (Phi) is 6.75. The third-order valence-electron chi connectivity index (χ3n) is 3.83. The van der Waals surface area contributed by atoms with Crippen molar-refractivity contribution in [3.63, 3.8) is 0 Å². The van der Waals surface area contributed by atoms with Crippen molar-refractivity contribution in [3.8, 4) is 11.4 Å². The molecule has 3 rings (SSSR count). The van der Waals surface area contributed by atoms with E-state index in [0.717, 1.165) is 23.6 Å². The molecule has 2 aromatic heterocycles. The Morgan fingerprint density at radius 1 is 1.11 bits per heavy atom. The number of nitrogens with zero attached hydrogens (tertiary/aromatic N) is 4. The summed E-state index contributed by atoms with van der Waals surface area (Å²) in [5.74, 6) is 1.71. The van der Waals surface area contributed by atoms with Gasteiger partial charge >= 0.3 is 6.18 Å². The largest absolute Gasteiger partial charge is 0.483 e. The summed E-state index contributed by atoms with van der Waals surface area (Å²) in [6.45, 7) is 0.449. The number of rotatable bonds is 5. The number of aryl methyl sites for hydroxylation is 3. The second-order valence-electron chi connectivity index (χ2n) is 5.74. The molecule has 27 heavy (non-hydrogen) atoms. The fraction of sp³-hybridized carbons (Fsp3) is 0.278. The molecular formula is C18H19F3N4O2. The lowest BCUT2D eigenvalue weighted by atomic mass is 10.1.